The van der Waals surface area contributed by atoms with Crippen LogP contribution >= 0.6 is 11.8 Å². The van der Waals surface area contributed by atoms with Gasteiger partial charge in [0.25, 0.3) is 0 Å². The van der Waals surface area contributed by atoms with Crippen LogP contribution in [0.1, 0.15) is 25.3 Å². The summed E-state index contributed by atoms with van der Waals surface area (Å²) in [6.45, 7) is 3.41. The Morgan fingerprint density at radius 2 is 2.00 bits per heavy atom. The summed E-state index contributed by atoms with van der Waals surface area (Å²) in [7, 11) is 0. The third-order valence-electron chi connectivity index (χ3n) is 2.73. The molecule has 1 rings (SSSR count). The zero-order valence-electron chi connectivity index (χ0n) is 10.4. The van der Waals surface area contributed by atoms with Crippen molar-refractivity contribution in [2.24, 2.45) is 0 Å². The van der Waals surface area contributed by atoms with Crippen molar-refractivity contribution < 1.29 is 0 Å². The highest BCUT2D eigenvalue weighted by atomic mass is 32.2. The Labute approximate surface area is 104 Å². The van der Waals surface area contributed by atoms with Gasteiger partial charge in [-0.25, -0.2) is 0 Å². The third kappa shape index (κ3) is 6.19. The van der Waals surface area contributed by atoms with Crippen LogP contribution in [0.25, 0.3) is 0 Å². The predicted octanol–water partition coefficient (Wildman–Crippen LogP) is 3.35. The molecule has 1 nitrogen and oxygen atoms in total. The quantitative estimate of drug-likeness (QED) is 0.696. The fourth-order valence-electron chi connectivity index (χ4n) is 1.68. The lowest BCUT2D eigenvalue weighted by molar-refractivity contribution is 0.527. The van der Waals surface area contributed by atoms with Crippen molar-refractivity contribution in [3.05, 3.63) is 35.9 Å². The molecule has 1 unspecified atom stereocenters. The largest absolute Gasteiger partial charge is 0.314 e. The van der Waals surface area contributed by atoms with E-state index in [1.165, 1.54) is 30.6 Å². The van der Waals surface area contributed by atoms with Crippen molar-refractivity contribution >= 4 is 11.8 Å². The Kier molecular flexibility index (Phi) is 7.35. The van der Waals surface area contributed by atoms with Gasteiger partial charge in [-0.05, 0) is 50.3 Å². The number of hydrogen-bond acceptors (Lipinski definition) is 2. The Morgan fingerprint density at radius 1 is 1.25 bits per heavy atom. The maximum atomic E-state index is 3.57. The van der Waals surface area contributed by atoms with Crippen LogP contribution in [0.2, 0.25) is 0 Å². The summed E-state index contributed by atoms with van der Waals surface area (Å²) in [4.78, 5) is 0. The molecule has 16 heavy (non-hydrogen) atoms. The molecule has 0 saturated heterocycles. The first-order valence-electron chi connectivity index (χ1n) is 6.09. The zero-order valence-corrected chi connectivity index (χ0v) is 11.2. The molecule has 0 bridgehead atoms. The fourth-order valence-corrected chi connectivity index (χ4v) is 2.27. The van der Waals surface area contributed by atoms with Crippen LogP contribution in [-0.4, -0.2) is 24.6 Å². The molecule has 1 aromatic rings. The molecular formula is C14H23NS. The van der Waals surface area contributed by atoms with Crippen LogP contribution in [0.3, 0.4) is 0 Å². The molecular weight excluding hydrogens is 214 g/mol. The van der Waals surface area contributed by atoms with Crippen LogP contribution in [-0.2, 0) is 6.42 Å². The first-order chi connectivity index (χ1) is 7.83. The van der Waals surface area contributed by atoms with E-state index in [4.69, 9.17) is 0 Å². The number of nitrogens with one attached hydrogen (secondary N) is 1. The predicted molar refractivity (Wildman–Crippen MR) is 75.2 cm³/mol. The molecule has 0 fully saturated rings. The standard InChI is InChI=1S/C14H23NS/c1-13(10-12-16-2)15-11-6-9-14-7-4-3-5-8-14/h3-5,7-8,13,15H,6,9-12H2,1-2H3. The van der Waals surface area contributed by atoms with Crippen molar-refractivity contribution in [3.63, 3.8) is 0 Å². The number of hydrogen-bond donors (Lipinski definition) is 1. The van der Waals surface area contributed by atoms with E-state index in [9.17, 15) is 0 Å². The molecule has 0 spiro atoms. The van der Waals surface area contributed by atoms with Crippen LogP contribution in [0, 0.1) is 0 Å². The van der Waals surface area contributed by atoms with Gasteiger partial charge in [0.05, 0.1) is 0 Å². The highest BCUT2D eigenvalue weighted by molar-refractivity contribution is 7.98. The van der Waals surface area contributed by atoms with Gasteiger partial charge in [0.2, 0.25) is 0 Å². The van der Waals surface area contributed by atoms with Crippen LogP contribution in [0.15, 0.2) is 30.3 Å². The molecule has 0 heterocycles. The van der Waals surface area contributed by atoms with E-state index < -0.39 is 0 Å². The molecule has 0 radical (unpaired) electrons. The Hall–Kier alpha value is -0.470. The summed E-state index contributed by atoms with van der Waals surface area (Å²) < 4.78 is 0. The SMILES string of the molecule is CSCCC(C)NCCCc1ccccc1. The van der Waals surface area contributed by atoms with E-state index in [-0.39, 0.29) is 0 Å². The fraction of sp³-hybridized carbons (Fsp3) is 0.571. The van der Waals surface area contributed by atoms with E-state index in [1.807, 2.05) is 11.8 Å². The van der Waals surface area contributed by atoms with Gasteiger partial charge in [-0.3, -0.25) is 0 Å². The summed E-state index contributed by atoms with van der Waals surface area (Å²) in [5, 5.41) is 3.57. The van der Waals surface area contributed by atoms with Crippen molar-refractivity contribution in [3.8, 4) is 0 Å². The average Bonchev–Trinajstić information content (AvgIpc) is 2.33. The van der Waals surface area contributed by atoms with Crippen molar-refractivity contribution in [1.82, 2.24) is 5.32 Å². The molecule has 0 aliphatic heterocycles. The summed E-state index contributed by atoms with van der Waals surface area (Å²) in [5.41, 5.74) is 1.45. The minimum Gasteiger partial charge on any atom is -0.314 e. The number of thioether (sulfide) groups is 1. The lowest BCUT2D eigenvalue weighted by Crippen LogP contribution is -2.27. The Morgan fingerprint density at radius 3 is 2.69 bits per heavy atom. The number of aryl methyl sites for hydroxylation is 1. The Bertz CT molecular complexity index is 261. The second kappa shape index (κ2) is 8.66. The molecule has 2 heteroatoms. The molecule has 1 atom stereocenters. The van der Waals surface area contributed by atoms with Gasteiger partial charge < -0.3 is 5.32 Å². The minimum atomic E-state index is 0.656. The monoisotopic (exact) mass is 237 g/mol. The summed E-state index contributed by atoms with van der Waals surface area (Å²) >= 11 is 1.93. The second-order valence-corrected chi connectivity index (χ2v) is 5.21. The van der Waals surface area contributed by atoms with Gasteiger partial charge >= 0.3 is 0 Å². The minimum absolute atomic E-state index is 0.656. The highest BCUT2D eigenvalue weighted by Crippen LogP contribution is 2.03. The van der Waals surface area contributed by atoms with Gasteiger partial charge in [0, 0.05) is 6.04 Å². The van der Waals surface area contributed by atoms with E-state index in [0.717, 1.165) is 6.54 Å². The highest BCUT2D eigenvalue weighted by Gasteiger charge is 1.99. The Balaban J connectivity index is 2.03. The van der Waals surface area contributed by atoms with Gasteiger partial charge in [-0.2, -0.15) is 11.8 Å². The lowest BCUT2D eigenvalue weighted by Gasteiger charge is -2.12. The van der Waals surface area contributed by atoms with E-state index in [2.05, 4.69) is 48.8 Å². The zero-order chi connectivity index (χ0) is 11.6. The van der Waals surface area contributed by atoms with E-state index in [1.54, 1.807) is 0 Å². The molecule has 0 saturated carbocycles. The smallest absolute Gasteiger partial charge is 0.00465 e. The normalized spacial score (nSPS) is 12.6. The van der Waals surface area contributed by atoms with Crippen molar-refractivity contribution in [1.29, 1.82) is 0 Å². The second-order valence-electron chi connectivity index (χ2n) is 4.23. The van der Waals surface area contributed by atoms with Crippen LogP contribution in [0.5, 0.6) is 0 Å². The van der Waals surface area contributed by atoms with E-state index >= 15 is 0 Å². The maximum absolute atomic E-state index is 3.57. The maximum Gasteiger partial charge on any atom is 0.00465 e. The van der Waals surface area contributed by atoms with Crippen LogP contribution < -0.4 is 5.32 Å². The molecule has 1 aromatic carbocycles. The van der Waals surface area contributed by atoms with Crippen molar-refractivity contribution in [2.45, 2.75) is 32.2 Å². The molecule has 0 aliphatic carbocycles. The average molecular weight is 237 g/mol. The number of rotatable bonds is 8. The molecule has 1 N–H and O–H groups in total. The van der Waals surface area contributed by atoms with E-state index in [0.29, 0.717) is 6.04 Å². The first-order valence-corrected chi connectivity index (χ1v) is 7.48. The van der Waals surface area contributed by atoms with Crippen LogP contribution in [0.4, 0.5) is 0 Å². The molecule has 0 amide bonds. The van der Waals surface area contributed by atoms with Gasteiger partial charge in [0.1, 0.15) is 0 Å². The van der Waals surface area contributed by atoms with Crippen molar-refractivity contribution in [2.75, 3.05) is 18.6 Å². The lowest BCUT2D eigenvalue weighted by atomic mass is 10.1. The molecule has 90 valence electrons. The summed E-state index contributed by atoms with van der Waals surface area (Å²) in [5.74, 6) is 1.26. The van der Waals surface area contributed by atoms with Gasteiger partial charge in [-0.1, -0.05) is 30.3 Å². The molecule has 0 aromatic heterocycles. The molecule has 0 aliphatic rings. The first kappa shape index (κ1) is 13.6. The third-order valence-corrected chi connectivity index (χ3v) is 3.38. The van der Waals surface area contributed by atoms with Gasteiger partial charge in [0.15, 0.2) is 0 Å². The summed E-state index contributed by atoms with van der Waals surface area (Å²) in [6.07, 6.45) is 5.85. The van der Waals surface area contributed by atoms with Gasteiger partial charge in [-0.15, -0.1) is 0 Å². The summed E-state index contributed by atoms with van der Waals surface area (Å²) in [6, 6.07) is 11.4. The topological polar surface area (TPSA) is 12.0 Å². The number of benzene rings is 1.